The molecule has 4 rings (SSSR count). The molecule has 4 nitrogen and oxygen atoms in total. The number of aryl methyl sites for hydroxylation is 3. The van der Waals surface area contributed by atoms with Crippen molar-refractivity contribution in [2.45, 2.75) is 27.3 Å². The molecule has 0 saturated heterocycles. The van der Waals surface area contributed by atoms with Crippen molar-refractivity contribution in [2.75, 3.05) is 7.11 Å². The molecule has 0 aliphatic carbocycles. The molecular weight excluding hydrogens is 387 g/mol. The highest BCUT2D eigenvalue weighted by atomic mass is 32.1. The molecule has 29 heavy (non-hydrogen) atoms. The summed E-state index contributed by atoms with van der Waals surface area (Å²) in [5.74, 6) is 1.11. The fourth-order valence-electron chi connectivity index (χ4n) is 3.68. The summed E-state index contributed by atoms with van der Waals surface area (Å²) in [5, 5.41) is 0.610. The van der Waals surface area contributed by atoms with E-state index in [1.807, 2.05) is 45.0 Å². The molecule has 2 aromatic carbocycles. The zero-order chi connectivity index (χ0) is 20.7. The predicted molar refractivity (Wildman–Crippen MR) is 116 cm³/mol. The number of aromatic nitrogens is 2. The van der Waals surface area contributed by atoms with Crippen LogP contribution in [0.5, 0.6) is 5.75 Å². The number of rotatable bonds is 4. The predicted octanol–water partition coefficient (Wildman–Crippen LogP) is 5.25. The SMILES string of the molecule is COc1ccc(-c2c(C)sc3nc(C)n(Cc4cccc(F)c4)c(=O)c23)cc1C. The number of ether oxygens (including phenoxy) is 1. The monoisotopic (exact) mass is 408 g/mol. The van der Waals surface area contributed by atoms with E-state index in [-0.39, 0.29) is 17.9 Å². The standard InChI is InChI=1S/C23H21FN2O2S/c1-13-10-17(8-9-19(13)28-4)20-14(2)29-22-21(20)23(27)26(15(3)25-22)12-16-6-5-7-18(24)11-16/h5-11H,12H2,1-4H3. The molecule has 0 unspecified atom stereocenters. The quantitative estimate of drug-likeness (QED) is 0.463. The highest BCUT2D eigenvalue weighted by Crippen LogP contribution is 2.37. The summed E-state index contributed by atoms with van der Waals surface area (Å²) in [6.07, 6.45) is 0. The summed E-state index contributed by atoms with van der Waals surface area (Å²) < 4.78 is 20.6. The Morgan fingerprint density at radius 2 is 1.93 bits per heavy atom. The molecule has 0 fully saturated rings. The Kier molecular flexibility index (Phi) is 4.96. The molecule has 0 saturated carbocycles. The lowest BCUT2D eigenvalue weighted by atomic mass is 10.0. The first-order chi connectivity index (χ1) is 13.9. The van der Waals surface area contributed by atoms with Gasteiger partial charge in [-0.1, -0.05) is 18.2 Å². The number of halogens is 1. The third-order valence-electron chi connectivity index (χ3n) is 5.09. The van der Waals surface area contributed by atoms with Crippen LogP contribution in [0.3, 0.4) is 0 Å². The lowest BCUT2D eigenvalue weighted by Crippen LogP contribution is -2.24. The first-order valence-electron chi connectivity index (χ1n) is 9.29. The van der Waals surface area contributed by atoms with Crippen molar-refractivity contribution in [3.05, 3.63) is 80.5 Å². The topological polar surface area (TPSA) is 44.1 Å². The van der Waals surface area contributed by atoms with Gasteiger partial charge in [0, 0.05) is 10.4 Å². The van der Waals surface area contributed by atoms with Crippen LogP contribution >= 0.6 is 11.3 Å². The second-order valence-electron chi connectivity index (χ2n) is 7.08. The van der Waals surface area contributed by atoms with Gasteiger partial charge in [-0.15, -0.1) is 11.3 Å². The second-order valence-corrected chi connectivity index (χ2v) is 8.28. The normalized spacial score (nSPS) is 11.2. The van der Waals surface area contributed by atoms with E-state index < -0.39 is 0 Å². The molecule has 148 valence electrons. The van der Waals surface area contributed by atoms with Crippen LogP contribution < -0.4 is 10.3 Å². The van der Waals surface area contributed by atoms with Crippen LogP contribution in [-0.2, 0) is 6.54 Å². The summed E-state index contributed by atoms with van der Waals surface area (Å²) in [7, 11) is 1.64. The van der Waals surface area contributed by atoms with Crippen LogP contribution in [-0.4, -0.2) is 16.7 Å². The van der Waals surface area contributed by atoms with Crippen LogP contribution in [0.15, 0.2) is 47.3 Å². The van der Waals surface area contributed by atoms with Crippen LogP contribution in [0.25, 0.3) is 21.3 Å². The van der Waals surface area contributed by atoms with Crippen molar-refractivity contribution in [1.82, 2.24) is 9.55 Å². The van der Waals surface area contributed by atoms with Gasteiger partial charge < -0.3 is 4.74 Å². The molecule has 0 radical (unpaired) electrons. The molecule has 0 N–H and O–H groups in total. The Hall–Kier alpha value is -2.99. The fraction of sp³-hybridized carbons (Fsp3) is 0.217. The molecule has 6 heteroatoms. The first-order valence-corrected chi connectivity index (χ1v) is 10.1. The Morgan fingerprint density at radius 3 is 2.62 bits per heavy atom. The van der Waals surface area contributed by atoms with E-state index >= 15 is 0 Å². The Morgan fingerprint density at radius 1 is 1.14 bits per heavy atom. The van der Waals surface area contributed by atoms with Gasteiger partial charge in [0.1, 0.15) is 22.2 Å². The molecule has 2 heterocycles. The van der Waals surface area contributed by atoms with Crippen LogP contribution in [0.2, 0.25) is 0 Å². The van der Waals surface area contributed by atoms with Crippen molar-refractivity contribution in [3.8, 4) is 16.9 Å². The Labute approximate surface area is 172 Å². The zero-order valence-electron chi connectivity index (χ0n) is 16.7. The third-order valence-corrected chi connectivity index (χ3v) is 6.09. The number of benzene rings is 2. The first kappa shape index (κ1) is 19.3. The van der Waals surface area contributed by atoms with Gasteiger partial charge in [0.25, 0.3) is 5.56 Å². The average molecular weight is 408 g/mol. The summed E-state index contributed by atoms with van der Waals surface area (Å²) in [6, 6.07) is 12.2. The molecular formula is C23H21FN2O2S. The highest BCUT2D eigenvalue weighted by molar-refractivity contribution is 7.19. The van der Waals surface area contributed by atoms with Crippen LogP contribution in [0.4, 0.5) is 4.39 Å². The number of fused-ring (bicyclic) bond motifs is 1. The van der Waals surface area contributed by atoms with E-state index in [0.29, 0.717) is 11.2 Å². The number of methoxy groups -OCH3 is 1. The van der Waals surface area contributed by atoms with Crippen molar-refractivity contribution < 1.29 is 9.13 Å². The van der Waals surface area contributed by atoms with Gasteiger partial charge in [0.15, 0.2) is 0 Å². The van der Waals surface area contributed by atoms with Gasteiger partial charge in [-0.2, -0.15) is 0 Å². The fourth-order valence-corrected chi connectivity index (χ4v) is 4.76. The molecule has 2 aromatic heterocycles. The van der Waals surface area contributed by atoms with Crippen molar-refractivity contribution in [1.29, 1.82) is 0 Å². The summed E-state index contributed by atoms with van der Waals surface area (Å²) >= 11 is 1.52. The number of nitrogens with zero attached hydrogens (tertiary/aromatic N) is 2. The summed E-state index contributed by atoms with van der Waals surface area (Å²) in [6.45, 7) is 6.08. The molecule has 0 amide bonds. The molecule has 0 spiro atoms. The molecule has 0 aliphatic rings. The largest absolute Gasteiger partial charge is 0.496 e. The van der Waals surface area contributed by atoms with Crippen LogP contribution in [0.1, 0.15) is 21.8 Å². The Balaban J connectivity index is 1.92. The number of thiophene rings is 1. The van der Waals surface area contributed by atoms with Crippen molar-refractivity contribution in [2.24, 2.45) is 0 Å². The maximum atomic E-state index is 13.6. The minimum Gasteiger partial charge on any atom is -0.496 e. The average Bonchev–Trinajstić information content (AvgIpc) is 3.01. The molecule has 0 aliphatic heterocycles. The van der Waals surface area contributed by atoms with E-state index in [1.165, 1.54) is 23.5 Å². The zero-order valence-corrected chi connectivity index (χ0v) is 17.6. The van der Waals surface area contributed by atoms with Gasteiger partial charge >= 0.3 is 0 Å². The van der Waals surface area contributed by atoms with E-state index in [0.717, 1.165) is 37.7 Å². The van der Waals surface area contributed by atoms with Crippen LogP contribution in [0, 0.1) is 26.6 Å². The van der Waals surface area contributed by atoms with E-state index in [4.69, 9.17) is 4.74 Å². The maximum absolute atomic E-state index is 13.6. The molecule has 0 atom stereocenters. The Bertz CT molecular complexity index is 1290. The van der Waals surface area contributed by atoms with E-state index in [2.05, 4.69) is 4.98 Å². The van der Waals surface area contributed by atoms with Gasteiger partial charge in [-0.3, -0.25) is 9.36 Å². The summed E-state index contributed by atoms with van der Waals surface area (Å²) in [5.41, 5.74) is 3.49. The van der Waals surface area contributed by atoms with E-state index in [9.17, 15) is 9.18 Å². The smallest absolute Gasteiger partial charge is 0.263 e. The van der Waals surface area contributed by atoms with Gasteiger partial charge in [-0.25, -0.2) is 9.37 Å². The van der Waals surface area contributed by atoms with Gasteiger partial charge in [0.2, 0.25) is 0 Å². The minimum absolute atomic E-state index is 0.107. The van der Waals surface area contributed by atoms with Crippen molar-refractivity contribution in [3.63, 3.8) is 0 Å². The van der Waals surface area contributed by atoms with Gasteiger partial charge in [0.05, 0.1) is 19.0 Å². The lowest BCUT2D eigenvalue weighted by Gasteiger charge is -2.11. The summed E-state index contributed by atoms with van der Waals surface area (Å²) in [4.78, 5) is 19.9. The third kappa shape index (κ3) is 3.44. The second kappa shape index (κ2) is 7.44. The van der Waals surface area contributed by atoms with Gasteiger partial charge in [-0.05, 0) is 61.7 Å². The number of hydrogen-bond acceptors (Lipinski definition) is 4. The highest BCUT2D eigenvalue weighted by Gasteiger charge is 2.19. The molecule has 4 aromatic rings. The van der Waals surface area contributed by atoms with E-state index in [1.54, 1.807) is 17.7 Å². The van der Waals surface area contributed by atoms with Crippen molar-refractivity contribution >= 4 is 21.6 Å². The molecule has 0 bridgehead atoms. The lowest BCUT2D eigenvalue weighted by molar-refractivity contribution is 0.412. The maximum Gasteiger partial charge on any atom is 0.263 e. The minimum atomic E-state index is -0.317. The number of hydrogen-bond donors (Lipinski definition) is 0.